The van der Waals surface area contributed by atoms with Gasteiger partial charge >= 0.3 is 6.09 Å². The van der Waals surface area contributed by atoms with E-state index in [9.17, 15) is 4.79 Å². The molecule has 15 heavy (non-hydrogen) atoms. The van der Waals surface area contributed by atoms with Crippen LogP contribution in [-0.4, -0.2) is 12.7 Å². The predicted molar refractivity (Wildman–Crippen MR) is 61.0 cm³/mol. The first kappa shape index (κ1) is 11.4. The summed E-state index contributed by atoms with van der Waals surface area (Å²) >= 11 is 0. The average molecular weight is 208 g/mol. The summed E-state index contributed by atoms with van der Waals surface area (Å²) in [7, 11) is 0. The van der Waals surface area contributed by atoms with Crippen LogP contribution >= 0.6 is 0 Å². The number of anilines is 2. The van der Waals surface area contributed by atoms with Gasteiger partial charge in [0.1, 0.15) is 0 Å². The number of hydrogen-bond donors (Lipinski definition) is 2. The van der Waals surface area contributed by atoms with Crippen molar-refractivity contribution >= 4 is 17.5 Å². The van der Waals surface area contributed by atoms with E-state index in [1.54, 1.807) is 6.92 Å². The number of nitrogens with two attached hydrogens (primary N) is 1. The quantitative estimate of drug-likeness (QED) is 0.734. The van der Waals surface area contributed by atoms with Crippen molar-refractivity contribution in [3.63, 3.8) is 0 Å². The second-order valence-corrected chi connectivity index (χ2v) is 3.39. The van der Waals surface area contributed by atoms with Gasteiger partial charge in [-0.25, -0.2) is 4.79 Å². The summed E-state index contributed by atoms with van der Waals surface area (Å²) < 4.78 is 4.78. The van der Waals surface area contributed by atoms with E-state index in [2.05, 4.69) is 5.32 Å². The van der Waals surface area contributed by atoms with Crippen molar-refractivity contribution in [1.29, 1.82) is 0 Å². The second-order valence-electron chi connectivity index (χ2n) is 3.39. The van der Waals surface area contributed by atoms with Gasteiger partial charge in [0.05, 0.1) is 18.0 Å². The lowest BCUT2D eigenvalue weighted by molar-refractivity contribution is 0.168. The Kier molecular flexibility index (Phi) is 3.55. The minimum atomic E-state index is -0.476. The molecule has 4 heteroatoms. The highest BCUT2D eigenvalue weighted by molar-refractivity contribution is 5.90. The van der Waals surface area contributed by atoms with Crippen LogP contribution < -0.4 is 11.1 Å². The highest BCUT2D eigenvalue weighted by Gasteiger charge is 2.08. The van der Waals surface area contributed by atoms with Crippen LogP contribution in [0.5, 0.6) is 0 Å². The van der Waals surface area contributed by atoms with E-state index in [0.29, 0.717) is 18.0 Å². The van der Waals surface area contributed by atoms with E-state index in [1.807, 2.05) is 26.0 Å². The third-order valence-electron chi connectivity index (χ3n) is 2.01. The number of hydrogen-bond acceptors (Lipinski definition) is 3. The van der Waals surface area contributed by atoms with E-state index >= 15 is 0 Å². The van der Waals surface area contributed by atoms with Crippen LogP contribution in [0.3, 0.4) is 0 Å². The zero-order valence-corrected chi connectivity index (χ0v) is 9.26. The molecule has 0 heterocycles. The van der Waals surface area contributed by atoms with Crippen LogP contribution in [0, 0.1) is 13.8 Å². The number of carbonyl (C=O) groups excluding carboxylic acids is 1. The monoisotopic (exact) mass is 208 g/mol. The molecule has 0 radical (unpaired) electrons. The molecular formula is C11H16N2O2. The fraction of sp³-hybridized carbons (Fsp3) is 0.364. The van der Waals surface area contributed by atoms with Gasteiger partial charge in [-0.1, -0.05) is 6.07 Å². The third kappa shape index (κ3) is 2.87. The Labute approximate surface area is 89.4 Å². The average Bonchev–Trinajstić information content (AvgIpc) is 2.11. The Morgan fingerprint density at radius 2 is 2.13 bits per heavy atom. The van der Waals surface area contributed by atoms with Crippen molar-refractivity contribution < 1.29 is 9.53 Å². The molecule has 1 rings (SSSR count). The lowest BCUT2D eigenvalue weighted by Crippen LogP contribution is -2.15. The standard InChI is InChI=1S/C11H16N2O2/c1-4-15-11(14)13-10-8(3)5-7(2)6-9(10)12/h5-6H,4,12H2,1-3H3,(H,13,14). The Balaban J connectivity index is 2.90. The minimum Gasteiger partial charge on any atom is -0.450 e. The van der Waals surface area contributed by atoms with Crippen LogP contribution in [0.15, 0.2) is 12.1 Å². The molecule has 4 nitrogen and oxygen atoms in total. The fourth-order valence-electron chi connectivity index (χ4n) is 1.44. The predicted octanol–water partition coefficient (Wildman–Crippen LogP) is 2.45. The molecule has 1 aromatic carbocycles. The molecule has 0 aromatic heterocycles. The molecule has 1 aromatic rings. The number of nitrogens with one attached hydrogen (secondary N) is 1. The Bertz CT molecular complexity index is 352. The number of amides is 1. The number of ether oxygens (including phenoxy) is 1. The van der Waals surface area contributed by atoms with Crippen LogP contribution in [0.25, 0.3) is 0 Å². The van der Waals surface area contributed by atoms with E-state index in [4.69, 9.17) is 10.5 Å². The SMILES string of the molecule is CCOC(=O)Nc1c(C)cc(C)cc1N. The van der Waals surface area contributed by atoms with Crippen molar-refractivity contribution in [2.75, 3.05) is 17.7 Å². The van der Waals surface area contributed by atoms with Crippen LogP contribution in [0.1, 0.15) is 18.1 Å². The molecule has 0 aliphatic rings. The number of nitrogen functional groups attached to an aromatic ring is 1. The number of carbonyl (C=O) groups is 1. The Morgan fingerprint density at radius 1 is 1.47 bits per heavy atom. The summed E-state index contributed by atoms with van der Waals surface area (Å²) in [6.07, 6.45) is -0.476. The zero-order chi connectivity index (χ0) is 11.4. The molecule has 0 spiro atoms. The summed E-state index contributed by atoms with van der Waals surface area (Å²) in [6.45, 7) is 5.95. The number of benzene rings is 1. The first-order chi connectivity index (χ1) is 7.04. The van der Waals surface area contributed by atoms with Gasteiger partial charge in [-0.05, 0) is 38.0 Å². The van der Waals surface area contributed by atoms with Gasteiger partial charge in [0.25, 0.3) is 0 Å². The van der Waals surface area contributed by atoms with Crippen molar-refractivity contribution in [3.05, 3.63) is 23.3 Å². The third-order valence-corrected chi connectivity index (χ3v) is 2.01. The van der Waals surface area contributed by atoms with Gasteiger partial charge in [0.15, 0.2) is 0 Å². The van der Waals surface area contributed by atoms with Gasteiger partial charge in [-0.2, -0.15) is 0 Å². The van der Waals surface area contributed by atoms with Crippen molar-refractivity contribution in [1.82, 2.24) is 0 Å². The highest BCUT2D eigenvalue weighted by atomic mass is 16.5. The molecule has 0 atom stereocenters. The smallest absolute Gasteiger partial charge is 0.411 e. The molecule has 0 aliphatic heterocycles. The van der Waals surface area contributed by atoms with E-state index in [1.165, 1.54) is 0 Å². The molecule has 3 N–H and O–H groups in total. The molecule has 0 bridgehead atoms. The van der Waals surface area contributed by atoms with Crippen molar-refractivity contribution in [3.8, 4) is 0 Å². The normalized spacial score (nSPS) is 9.80. The van der Waals surface area contributed by atoms with Gasteiger partial charge in [-0.3, -0.25) is 5.32 Å². The molecule has 82 valence electrons. The summed E-state index contributed by atoms with van der Waals surface area (Å²) in [5.74, 6) is 0. The molecule has 0 saturated heterocycles. The van der Waals surface area contributed by atoms with E-state index in [-0.39, 0.29) is 0 Å². The minimum absolute atomic E-state index is 0.344. The van der Waals surface area contributed by atoms with Gasteiger partial charge < -0.3 is 10.5 Å². The maximum absolute atomic E-state index is 11.2. The molecule has 0 unspecified atom stereocenters. The Morgan fingerprint density at radius 3 is 2.67 bits per heavy atom. The molecule has 0 aliphatic carbocycles. The maximum atomic E-state index is 11.2. The van der Waals surface area contributed by atoms with E-state index in [0.717, 1.165) is 11.1 Å². The fourth-order valence-corrected chi connectivity index (χ4v) is 1.44. The molecule has 0 fully saturated rings. The number of aryl methyl sites for hydroxylation is 2. The van der Waals surface area contributed by atoms with Gasteiger partial charge in [0.2, 0.25) is 0 Å². The van der Waals surface area contributed by atoms with Gasteiger partial charge in [-0.15, -0.1) is 0 Å². The summed E-state index contributed by atoms with van der Waals surface area (Å²) in [4.78, 5) is 11.2. The zero-order valence-electron chi connectivity index (χ0n) is 9.26. The second kappa shape index (κ2) is 4.68. The summed E-state index contributed by atoms with van der Waals surface area (Å²) in [5.41, 5.74) is 8.98. The molecule has 0 saturated carbocycles. The molecular weight excluding hydrogens is 192 g/mol. The maximum Gasteiger partial charge on any atom is 0.411 e. The van der Waals surface area contributed by atoms with Crippen molar-refractivity contribution in [2.45, 2.75) is 20.8 Å². The summed E-state index contributed by atoms with van der Waals surface area (Å²) in [6, 6.07) is 3.77. The lowest BCUT2D eigenvalue weighted by Gasteiger charge is -2.11. The van der Waals surface area contributed by atoms with Crippen LogP contribution in [-0.2, 0) is 4.74 Å². The van der Waals surface area contributed by atoms with Crippen molar-refractivity contribution in [2.24, 2.45) is 0 Å². The van der Waals surface area contributed by atoms with Crippen LogP contribution in [0.2, 0.25) is 0 Å². The highest BCUT2D eigenvalue weighted by Crippen LogP contribution is 2.24. The first-order valence-corrected chi connectivity index (χ1v) is 4.85. The van der Waals surface area contributed by atoms with Gasteiger partial charge in [0, 0.05) is 0 Å². The topological polar surface area (TPSA) is 64.3 Å². The molecule has 1 amide bonds. The first-order valence-electron chi connectivity index (χ1n) is 4.85. The van der Waals surface area contributed by atoms with E-state index < -0.39 is 6.09 Å². The Hall–Kier alpha value is -1.71. The largest absolute Gasteiger partial charge is 0.450 e. The van der Waals surface area contributed by atoms with Crippen LogP contribution in [0.4, 0.5) is 16.2 Å². The summed E-state index contributed by atoms with van der Waals surface area (Å²) in [5, 5.41) is 2.62. The lowest BCUT2D eigenvalue weighted by atomic mass is 10.1. The number of rotatable bonds is 2.